The van der Waals surface area contributed by atoms with Crippen LogP contribution in [0.1, 0.15) is 35.8 Å². The molecule has 1 aliphatic rings. The number of aliphatic hydroxyl groups is 1. The van der Waals surface area contributed by atoms with E-state index in [9.17, 15) is 9.90 Å². The van der Waals surface area contributed by atoms with E-state index in [1.165, 1.54) is 11.8 Å². The molecule has 142 valence electrons. The molecule has 1 amide bonds. The minimum Gasteiger partial charge on any atom is -0.411 e. The summed E-state index contributed by atoms with van der Waals surface area (Å²) in [5, 5.41) is 21.8. The molecule has 1 fully saturated rings. The van der Waals surface area contributed by atoms with Crippen molar-refractivity contribution >= 4 is 22.7 Å². The number of aromatic nitrogens is 2. The minimum atomic E-state index is -0.388. The number of amides is 1. The molecular formula is C19H22N4O3S. The van der Waals surface area contributed by atoms with Gasteiger partial charge in [0, 0.05) is 35.7 Å². The second-order valence-corrected chi connectivity index (χ2v) is 7.39. The van der Waals surface area contributed by atoms with Gasteiger partial charge in [-0.25, -0.2) is 9.97 Å². The molecule has 1 saturated heterocycles. The fraction of sp³-hybridized carbons (Fsp3) is 0.368. The van der Waals surface area contributed by atoms with E-state index in [-0.39, 0.29) is 23.5 Å². The highest BCUT2D eigenvalue weighted by atomic mass is 32.2. The van der Waals surface area contributed by atoms with Crippen LogP contribution in [0.3, 0.4) is 0 Å². The summed E-state index contributed by atoms with van der Waals surface area (Å²) in [5.74, 6) is 0.748. The molecule has 0 atom stereocenters. The van der Waals surface area contributed by atoms with Crippen molar-refractivity contribution in [2.75, 3.05) is 19.7 Å². The molecule has 0 bridgehead atoms. The Labute approximate surface area is 162 Å². The largest absolute Gasteiger partial charge is 0.411 e. The van der Waals surface area contributed by atoms with Gasteiger partial charge < -0.3 is 15.2 Å². The number of oxime groups is 1. The number of benzene rings is 1. The molecule has 0 spiro atoms. The first kappa shape index (κ1) is 19.3. The van der Waals surface area contributed by atoms with Crippen LogP contribution in [0.2, 0.25) is 0 Å². The van der Waals surface area contributed by atoms with Crippen LogP contribution >= 0.6 is 11.8 Å². The van der Waals surface area contributed by atoms with Crippen LogP contribution in [0.25, 0.3) is 0 Å². The molecule has 0 radical (unpaired) electrons. The van der Waals surface area contributed by atoms with Gasteiger partial charge in [-0.15, -0.1) is 0 Å². The van der Waals surface area contributed by atoms with E-state index >= 15 is 0 Å². The first-order valence-electron chi connectivity index (χ1n) is 8.80. The fourth-order valence-corrected chi connectivity index (χ4v) is 3.99. The minimum absolute atomic E-state index is 0.0479. The molecule has 1 aromatic heterocycles. The summed E-state index contributed by atoms with van der Waals surface area (Å²) in [5.41, 5.74) is 1.49. The van der Waals surface area contributed by atoms with E-state index in [4.69, 9.17) is 5.21 Å². The summed E-state index contributed by atoms with van der Waals surface area (Å²) in [6.45, 7) is 2.69. The van der Waals surface area contributed by atoms with Crippen molar-refractivity contribution in [2.45, 2.75) is 30.6 Å². The van der Waals surface area contributed by atoms with Gasteiger partial charge in [0.15, 0.2) is 0 Å². The molecule has 2 N–H and O–H groups in total. The van der Waals surface area contributed by atoms with Crippen molar-refractivity contribution in [2.24, 2.45) is 5.16 Å². The van der Waals surface area contributed by atoms with E-state index in [2.05, 4.69) is 15.1 Å². The molecule has 7 nitrogen and oxygen atoms in total. The van der Waals surface area contributed by atoms with Gasteiger partial charge in [-0.3, -0.25) is 4.79 Å². The Kier molecular flexibility index (Phi) is 6.41. The van der Waals surface area contributed by atoms with Gasteiger partial charge in [-0.1, -0.05) is 23.4 Å². The zero-order chi connectivity index (χ0) is 19.2. The fourth-order valence-electron chi connectivity index (χ4n) is 3.18. The Morgan fingerprint density at radius 1 is 1.30 bits per heavy atom. The number of rotatable bonds is 4. The molecule has 1 aromatic carbocycles. The van der Waals surface area contributed by atoms with Gasteiger partial charge in [0.2, 0.25) is 0 Å². The van der Waals surface area contributed by atoms with E-state index in [0.717, 1.165) is 23.4 Å². The maximum absolute atomic E-state index is 12.5. The predicted octanol–water partition coefficient (Wildman–Crippen LogP) is 3.05. The van der Waals surface area contributed by atoms with Crippen LogP contribution < -0.4 is 0 Å². The first-order valence-corrected chi connectivity index (χ1v) is 9.61. The average molecular weight is 386 g/mol. The zero-order valence-electron chi connectivity index (χ0n) is 15.1. The van der Waals surface area contributed by atoms with Crippen molar-refractivity contribution in [3.63, 3.8) is 0 Å². The molecule has 8 heteroatoms. The lowest BCUT2D eigenvalue weighted by atomic mass is 9.90. The van der Waals surface area contributed by atoms with Crippen LogP contribution in [0.5, 0.6) is 0 Å². The summed E-state index contributed by atoms with van der Waals surface area (Å²) < 4.78 is 0. The number of aryl methyl sites for hydroxylation is 1. The van der Waals surface area contributed by atoms with Gasteiger partial charge in [0.05, 0.1) is 12.3 Å². The van der Waals surface area contributed by atoms with E-state index < -0.39 is 0 Å². The Bertz CT molecular complexity index is 821. The monoisotopic (exact) mass is 386 g/mol. The summed E-state index contributed by atoms with van der Waals surface area (Å²) in [6.07, 6.45) is 3.11. The molecule has 0 unspecified atom stereocenters. The standard InChI is InChI=1S/C19H22N4O3S/c1-13-20-11-16(17(12-24)22-26)18(21-13)14-7-9-23(10-8-14)19(25)27-15-5-3-2-4-6-15/h2-6,11,14,24,26H,7-10,12H2,1H3/b22-17+. The number of thioether (sulfide) groups is 1. The summed E-state index contributed by atoms with van der Waals surface area (Å²) in [7, 11) is 0. The average Bonchev–Trinajstić information content (AvgIpc) is 2.71. The van der Waals surface area contributed by atoms with E-state index in [1.54, 1.807) is 13.1 Å². The zero-order valence-corrected chi connectivity index (χ0v) is 15.9. The lowest BCUT2D eigenvalue weighted by Crippen LogP contribution is -2.36. The molecule has 0 aliphatic carbocycles. The first-order chi connectivity index (χ1) is 13.1. The lowest BCUT2D eigenvalue weighted by Gasteiger charge is -2.32. The van der Waals surface area contributed by atoms with E-state index in [1.807, 2.05) is 35.2 Å². The van der Waals surface area contributed by atoms with Crippen molar-refractivity contribution in [3.05, 3.63) is 53.6 Å². The highest BCUT2D eigenvalue weighted by Gasteiger charge is 2.28. The molecule has 2 aromatic rings. The summed E-state index contributed by atoms with van der Waals surface area (Å²) in [6, 6.07) is 9.62. The van der Waals surface area contributed by atoms with Crippen LogP contribution in [-0.4, -0.2) is 55.8 Å². The topological polar surface area (TPSA) is 98.9 Å². The number of nitrogens with zero attached hydrogens (tertiary/aromatic N) is 4. The van der Waals surface area contributed by atoms with Gasteiger partial charge in [0.1, 0.15) is 11.5 Å². The van der Waals surface area contributed by atoms with Crippen LogP contribution in [-0.2, 0) is 0 Å². The molecule has 2 heterocycles. The maximum atomic E-state index is 12.5. The molecular weight excluding hydrogens is 364 g/mol. The molecule has 27 heavy (non-hydrogen) atoms. The summed E-state index contributed by atoms with van der Waals surface area (Å²) in [4.78, 5) is 24.0. The number of likely N-dealkylation sites (tertiary alicyclic amines) is 1. The van der Waals surface area contributed by atoms with Gasteiger partial charge in [-0.2, -0.15) is 0 Å². The van der Waals surface area contributed by atoms with Gasteiger partial charge in [-0.05, 0) is 43.7 Å². The lowest BCUT2D eigenvalue weighted by molar-refractivity contribution is 0.205. The van der Waals surface area contributed by atoms with Gasteiger partial charge in [0.25, 0.3) is 5.24 Å². The number of hydrogen-bond acceptors (Lipinski definition) is 7. The van der Waals surface area contributed by atoms with Gasteiger partial charge >= 0.3 is 0 Å². The normalized spacial score (nSPS) is 15.8. The maximum Gasteiger partial charge on any atom is 0.286 e. The number of piperidine rings is 1. The number of carbonyl (C=O) groups is 1. The van der Waals surface area contributed by atoms with Crippen LogP contribution in [0.15, 0.2) is 46.6 Å². The molecule has 0 saturated carbocycles. The molecule has 3 rings (SSSR count). The highest BCUT2D eigenvalue weighted by Crippen LogP contribution is 2.31. The van der Waals surface area contributed by atoms with Crippen LogP contribution in [0.4, 0.5) is 4.79 Å². The SMILES string of the molecule is Cc1ncc(/C(CO)=N/O)c(C2CCN(C(=O)Sc3ccccc3)CC2)n1. The predicted molar refractivity (Wildman–Crippen MR) is 103 cm³/mol. The highest BCUT2D eigenvalue weighted by molar-refractivity contribution is 8.13. The third-order valence-electron chi connectivity index (χ3n) is 4.61. The Morgan fingerprint density at radius 3 is 2.63 bits per heavy atom. The number of hydrogen-bond donors (Lipinski definition) is 2. The van der Waals surface area contributed by atoms with Crippen molar-refractivity contribution in [1.29, 1.82) is 0 Å². The van der Waals surface area contributed by atoms with Crippen molar-refractivity contribution in [3.8, 4) is 0 Å². The second-order valence-electron chi connectivity index (χ2n) is 6.36. The third kappa shape index (κ3) is 4.64. The third-order valence-corrected chi connectivity index (χ3v) is 5.55. The smallest absolute Gasteiger partial charge is 0.286 e. The van der Waals surface area contributed by atoms with Crippen LogP contribution in [0, 0.1) is 6.92 Å². The molecule has 1 aliphatic heterocycles. The van der Waals surface area contributed by atoms with Crippen molar-refractivity contribution in [1.82, 2.24) is 14.9 Å². The van der Waals surface area contributed by atoms with E-state index in [0.29, 0.717) is 24.5 Å². The Morgan fingerprint density at radius 2 is 2.00 bits per heavy atom. The second kappa shape index (κ2) is 8.96. The summed E-state index contributed by atoms with van der Waals surface area (Å²) >= 11 is 1.24. The number of carbonyl (C=O) groups excluding carboxylic acids is 1. The number of aliphatic hydroxyl groups excluding tert-OH is 1. The Hall–Kier alpha value is -2.45. The van der Waals surface area contributed by atoms with Crippen molar-refractivity contribution < 1.29 is 15.1 Å². The Balaban J connectivity index is 1.69. The quantitative estimate of drug-likeness (QED) is 0.363.